The second-order valence-corrected chi connectivity index (χ2v) is 1.76. The van der Waals surface area contributed by atoms with Crippen molar-refractivity contribution in [3.63, 3.8) is 0 Å². The number of carbonyl (C=O) groups is 1. The number of ketones is 1. The van der Waals surface area contributed by atoms with Crippen molar-refractivity contribution in [1.82, 2.24) is 0 Å². The van der Waals surface area contributed by atoms with Crippen molar-refractivity contribution in [2.45, 2.75) is 54.4 Å². The lowest BCUT2D eigenvalue weighted by Crippen LogP contribution is -1.80. The zero-order valence-electron chi connectivity index (χ0n) is 8.32. The predicted molar refractivity (Wildman–Crippen MR) is 48.3 cm³/mol. The molecule has 1 heteroatoms. The van der Waals surface area contributed by atoms with Gasteiger partial charge in [0.2, 0.25) is 0 Å². The van der Waals surface area contributed by atoms with Crippen molar-refractivity contribution in [3.8, 4) is 0 Å². The zero-order valence-corrected chi connectivity index (χ0v) is 8.32. The Hall–Kier alpha value is -0.330. The topological polar surface area (TPSA) is 17.1 Å². The molecule has 0 rings (SSSR count). The Bertz CT molecular complexity index is 48.7. The highest BCUT2D eigenvalue weighted by Crippen LogP contribution is 1.71. The Morgan fingerprint density at radius 3 is 1.20 bits per heavy atom. The summed E-state index contributed by atoms with van der Waals surface area (Å²) in [6.45, 7) is 11.7. The van der Waals surface area contributed by atoms with Crippen LogP contribution in [0.2, 0.25) is 0 Å². The van der Waals surface area contributed by atoms with Crippen LogP contribution in [0, 0.1) is 0 Å². The first-order chi connectivity index (χ1) is 4.68. The van der Waals surface area contributed by atoms with Crippen molar-refractivity contribution in [1.29, 1.82) is 0 Å². The second kappa shape index (κ2) is 23.4. The van der Waals surface area contributed by atoms with Crippen LogP contribution in [0.15, 0.2) is 0 Å². The van der Waals surface area contributed by atoms with E-state index in [1.807, 2.05) is 20.8 Å². The third-order valence-corrected chi connectivity index (χ3v) is 0.498. The van der Waals surface area contributed by atoms with Crippen LogP contribution in [0.5, 0.6) is 0 Å². The van der Waals surface area contributed by atoms with Gasteiger partial charge in [0.05, 0.1) is 0 Å². The highest BCUT2D eigenvalue weighted by atomic mass is 16.1. The first-order valence-electron chi connectivity index (χ1n) is 4.18. The highest BCUT2D eigenvalue weighted by Gasteiger charge is 1.76. The summed E-state index contributed by atoms with van der Waals surface area (Å²) in [5.74, 6) is 0.255. The zero-order chi connectivity index (χ0) is 8.99. The van der Waals surface area contributed by atoms with Gasteiger partial charge in [0.1, 0.15) is 5.78 Å². The molecule has 1 nitrogen and oxygen atoms in total. The first kappa shape index (κ1) is 16.3. The minimum absolute atomic E-state index is 0.255. The molecular formula is C9H22O. The summed E-state index contributed by atoms with van der Waals surface area (Å²) in [6, 6.07) is 0. The number of Topliss-reactive ketones (excluding diaryl/α,β-unsaturated/α-hetero) is 1. The minimum atomic E-state index is 0.255. The molecule has 0 saturated carbocycles. The van der Waals surface area contributed by atoms with E-state index < -0.39 is 0 Å². The van der Waals surface area contributed by atoms with Crippen molar-refractivity contribution < 1.29 is 4.79 Å². The molecule has 0 unspecified atom stereocenters. The van der Waals surface area contributed by atoms with Crippen molar-refractivity contribution in [2.75, 3.05) is 0 Å². The molecule has 64 valence electrons. The standard InChI is InChI=1S/C4H8O.C3H8.C2H6/c1-3-4(2)5;1-3-2;1-2/h3H2,1-2H3;3H2,1-2H3;1-2H3. The van der Waals surface area contributed by atoms with Crippen LogP contribution in [-0.4, -0.2) is 5.78 Å². The van der Waals surface area contributed by atoms with E-state index in [-0.39, 0.29) is 5.78 Å². The number of rotatable bonds is 1. The second-order valence-electron chi connectivity index (χ2n) is 1.76. The van der Waals surface area contributed by atoms with E-state index in [0.29, 0.717) is 6.42 Å². The molecule has 0 fully saturated rings. The van der Waals surface area contributed by atoms with Gasteiger partial charge in [-0.15, -0.1) is 0 Å². The molecule has 0 saturated heterocycles. The Morgan fingerprint density at radius 2 is 1.20 bits per heavy atom. The van der Waals surface area contributed by atoms with Gasteiger partial charge >= 0.3 is 0 Å². The summed E-state index contributed by atoms with van der Waals surface area (Å²) in [5, 5.41) is 0. The molecule has 0 spiro atoms. The monoisotopic (exact) mass is 146 g/mol. The van der Waals surface area contributed by atoms with Crippen LogP contribution in [0.25, 0.3) is 0 Å². The molecule has 0 atom stereocenters. The summed E-state index contributed by atoms with van der Waals surface area (Å²) < 4.78 is 0. The Kier molecular flexibility index (Phi) is 38.2. The summed E-state index contributed by atoms with van der Waals surface area (Å²) in [6.07, 6.45) is 1.92. The Labute approximate surface area is 65.8 Å². The van der Waals surface area contributed by atoms with Crippen LogP contribution in [0.4, 0.5) is 0 Å². The third-order valence-electron chi connectivity index (χ3n) is 0.498. The van der Waals surface area contributed by atoms with Crippen LogP contribution in [0.3, 0.4) is 0 Å². The fourth-order valence-corrected chi connectivity index (χ4v) is 0. The smallest absolute Gasteiger partial charge is 0.129 e. The number of carbonyl (C=O) groups excluding carboxylic acids is 1. The normalized spacial score (nSPS) is 6.20. The highest BCUT2D eigenvalue weighted by molar-refractivity contribution is 5.74. The van der Waals surface area contributed by atoms with Gasteiger partial charge in [0.15, 0.2) is 0 Å². The summed E-state index contributed by atoms with van der Waals surface area (Å²) in [5.41, 5.74) is 0. The van der Waals surface area contributed by atoms with Gasteiger partial charge in [-0.2, -0.15) is 0 Å². The van der Waals surface area contributed by atoms with Gasteiger partial charge < -0.3 is 4.79 Å². The Morgan fingerprint density at radius 1 is 1.10 bits per heavy atom. The van der Waals surface area contributed by atoms with Gasteiger partial charge in [-0.1, -0.05) is 41.0 Å². The van der Waals surface area contributed by atoms with Crippen molar-refractivity contribution >= 4 is 5.78 Å². The quantitative estimate of drug-likeness (QED) is 0.554. The van der Waals surface area contributed by atoms with E-state index in [0.717, 1.165) is 0 Å². The molecule has 0 aromatic rings. The van der Waals surface area contributed by atoms with Crippen LogP contribution in [-0.2, 0) is 4.79 Å². The van der Waals surface area contributed by atoms with Crippen molar-refractivity contribution in [3.05, 3.63) is 0 Å². The van der Waals surface area contributed by atoms with Crippen molar-refractivity contribution in [2.24, 2.45) is 0 Å². The van der Waals surface area contributed by atoms with E-state index in [1.165, 1.54) is 6.42 Å². The van der Waals surface area contributed by atoms with Gasteiger partial charge in [-0.25, -0.2) is 0 Å². The molecule has 10 heavy (non-hydrogen) atoms. The van der Waals surface area contributed by atoms with E-state index in [9.17, 15) is 4.79 Å². The lowest BCUT2D eigenvalue weighted by molar-refractivity contribution is -0.116. The van der Waals surface area contributed by atoms with Gasteiger partial charge in [-0.05, 0) is 6.92 Å². The summed E-state index contributed by atoms with van der Waals surface area (Å²) in [7, 11) is 0. The molecule has 0 aliphatic carbocycles. The molecule has 0 aliphatic heterocycles. The molecule has 0 heterocycles. The molecule has 0 N–H and O–H groups in total. The first-order valence-corrected chi connectivity index (χ1v) is 4.18. The molecular weight excluding hydrogens is 124 g/mol. The van der Waals surface area contributed by atoms with Crippen LogP contribution in [0.1, 0.15) is 54.4 Å². The number of hydrogen-bond donors (Lipinski definition) is 0. The lowest BCUT2D eigenvalue weighted by atomic mass is 10.4. The van der Waals surface area contributed by atoms with Gasteiger partial charge in [0, 0.05) is 6.42 Å². The molecule has 0 radical (unpaired) electrons. The van der Waals surface area contributed by atoms with Gasteiger partial charge in [-0.3, -0.25) is 0 Å². The maximum Gasteiger partial charge on any atom is 0.129 e. The molecule has 0 aromatic heterocycles. The fourth-order valence-electron chi connectivity index (χ4n) is 0. The summed E-state index contributed by atoms with van der Waals surface area (Å²) in [4.78, 5) is 9.81. The SMILES string of the molecule is CC.CCC.CCC(C)=O. The minimum Gasteiger partial charge on any atom is -0.300 e. The predicted octanol–water partition coefficient (Wildman–Crippen LogP) is 3.43. The van der Waals surface area contributed by atoms with Crippen LogP contribution >= 0.6 is 0 Å². The molecule has 0 aromatic carbocycles. The third kappa shape index (κ3) is 122. The Balaban J connectivity index is -0.0000000847. The van der Waals surface area contributed by atoms with Crippen LogP contribution < -0.4 is 0 Å². The fraction of sp³-hybridized carbons (Fsp3) is 0.889. The average Bonchev–Trinajstić information content (AvgIpc) is 1.94. The maximum atomic E-state index is 9.81. The molecule has 0 aliphatic rings. The van der Waals surface area contributed by atoms with Gasteiger partial charge in [0.25, 0.3) is 0 Å². The lowest BCUT2D eigenvalue weighted by Gasteiger charge is -1.71. The largest absolute Gasteiger partial charge is 0.300 e. The van der Waals surface area contributed by atoms with E-state index in [4.69, 9.17) is 0 Å². The van der Waals surface area contributed by atoms with E-state index in [2.05, 4.69) is 13.8 Å². The van der Waals surface area contributed by atoms with E-state index >= 15 is 0 Å². The maximum absolute atomic E-state index is 9.81. The summed E-state index contributed by atoms with van der Waals surface area (Å²) >= 11 is 0. The molecule has 0 amide bonds. The molecule has 0 bridgehead atoms. The number of hydrogen-bond acceptors (Lipinski definition) is 1. The average molecular weight is 146 g/mol. The van der Waals surface area contributed by atoms with E-state index in [1.54, 1.807) is 6.92 Å².